The van der Waals surface area contributed by atoms with Crippen molar-refractivity contribution in [2.24, 2.45) is 5.11 Å². The maximum atomic E-state index is 8.76. The summed E-state index contributed by atoms with van der Waals surface area (Å²) in [5, 5.41) is 28.5. The van der Waals surface area contributed by atoms with E-state index in [9.17, 15) is 0 Å². The Morgan fingerprint density at radius 3 is 2.20 bits per heavy atom. The van der Waals surface area contributed by atoms with Crippen LogP contribution in [0.5, 0.6) is 0 Å². The van der Waals surface area contributed by atoms with Gasteiger partial charge in [0, 0.05) is 4.91 Å². The van der Waals surface area contributed by atoms with Crippen LogP contribution in [0.15, 0.2) is 5.11 Å². The molecule has 0 aromatic carbocycles. The minimum Gasteiger partial charge on any atom is -0.387 e. The Labute approximate surface area is 57.4 Å². The lowest BCUT2D eigenvalue weighted by Crippen LogP contribution is -2.33. The SMILES string of the molecule is C[C@H](N=[N+]=[N-])[C@H](O)C(O)O. The van der Waals surface area contributed by atoms with Crippen LogP contribution in [0, 0.1) is 0 Å². The number of aliphatic hydroxyl groups is 3. The molecule has 0 saturated heterocycles. The van der Waals surface area contributed by atoms with Gasteiger partial charge in [-0.15, -0.1) is 0 Å². The molecular weight excluding hydrogens is 138 g/mol. The molecular formula is C4H9N3O3. The largest absolute Gasteiger partial charge is 0.387 e. The third-order valence-electron chi connectivity index (χ3n) is 1.03. The molecule has 0 spiro atoms. The van der Waals surface area contributed by atoms with Gasteiger partial charge in [-0.1, -0.05) is 12.0 Å². The van der Waals surface area contributed by atoms with E-state index in [1.165, 1.54) is 6.92 Å². The Hall–Kier alpha value is -0.810. The van der Waals surface area contributed by atoms with Crippen LogP contribution in [-0.4, -0.2) is 33.8 Å². The fraction of sp³-hybridized carbons (Fsp3) is 1.00. The minimum absolute atomic E-state index is 0.829. The molecule has 10 heavy (non-hydrogen) atoms. The van der Waals surface area contributed by atoms with Crippen LogP contribution in [0.4, 0.5) is 0 Å². The molecule has 0 amide bonds. The van der Waals surface area contributed by atoms with Crippen molar-refractivity contribution in [2.75, 3.05) is 0 Å². The molecule has 0 aliphatic carbocycles. The zero-order valence-corrected chi connectivity index (χ0v) is 5.42. The highest BCUT2D eigenvalue weighted by molar-refractivity contribution is 4.71. The van der Waals surface area contributed by atoms with Gasteiger partial charge < -0.3 is 15.3 Å². The summed E-state index contributed by atoms with van der Waals surface area (Å²) in [6.45, 7) is 1.38. The maximum absolute atomic E-state index is 8.76. The highest BCUT2D eigenvalue weighted by Crippen LogP contribution is 2.00. The first-order valence-corrected chi connectivity index (χ1v) is 2.68. The number of hydrogen-bond acceptors (Lipinski definition) is 4. The molecule has 0 bridgehead atoms. The van der Waals surface area contributed by atoms with E-state index in [4.69, 9.17) is 20.9 Å². The van der Waals surface area contributed by atoms with E-state index in [2.05, 4.69) is 10.0 Å². The lowest BCUT2D eigenvalue weighted by atomic mass is 10.2. The Morgan fingerprint density at radius 1 is 1.40 bits per heavy atom. The van der Waals surface area contributed by atoms with Crippen LogP contribution >= 0.6 is 0 Å². The zero-order valence-electron chi connectivity index (χ0n) is 5.42. The normalized spacial score (nSPS) is 16.1. The van der Waals surface area contributed by atoms with Crippen LogP contribution in [0.2, 0.25) is 0 Å². The number of rotatable bonds is 3. The standard InChI is InChI=1S/C4H9N3O3/c1-2(6-7-5)3(8)4(9)10/h2-4,8-10H,1H3/t2-,3-/m0/s1. The second-order valence-corrected chi connectivity index (χ2v) is 1.85. The fourth-order valence-corrected chi connectivity index (χ4v) is 0.399. The van der Waals surface area contributed by atoms with Crippen LogP contribution in [0.25, 0.3) is 10.4 Å². The fourth-order valence-electron chi connectivity index (χ4n) is 0.399. The van der Waals surface area contributed by atoms with Gasteiger partial charge >= 0.3 is 0 Å². The molecule has 0 unspecified atom stereocenters. The summed E-state index contributed by atoms with van der Waals surface area (Å²) in [5.74, 6) is 0. The highest BCUT2D eigenvalue weighted by atomic mass is 16.5. The minimum atomic E-state index is -1.86. The maximum Gasteiger partial charge on any atom is 0.178 e. The van der Waals surface area contributed by atoms with E-state index >= 15 is 0 Å². The third kappa shape index (κ3) is 2.65. The molecule has 0 aromatic rings. The van der Waals surface area contributed by atoms with Gasteiger partial charge in [-0.2, -0.15) is 0 Å². The Morgan fingerprint density at radius 2 is 1.90 bits per heavy atom. The Kier molecular flexibility index (Phi) is 3.75. The topological polar surface area (TPSA) is 109 Å². The van der Waals surface area contributed by atoms with Crippen molar-refractivity contribution in [1.82, 2.24) is 0 Å². The van der Waals surface area contributed by atoms with E-state index in [0.717, 1.165) is 0 Å². The van der Waals surface area contributed by atoms with Gasteiger partial charge in [0.2, 0.25) is 0 Å². The summed E-state index contributed by atoms with van der Waals surface area (Å²) in [7, 11) is 0. The first-order valence-electron chi connectivity index (χ1n) is 2.68. The molecule has 6 heteroatoms. The van der Waals surface area contributed by atoms with Crippen molar-refractivity contribution >= 4 is 0 Å². The van der Waals surface area contributed by atoms with Crippen LogP contribution in [-0.2, 0) is 0 Å². The van der Waals surface area contributed by atoms with Crippen molar-refractivity contribution in [3.63, 3.8) is 0 Å². The predicted molar refractivity (Wildman–Crippen MR) is 32.8 cm³/mol. The van der Waals surface area contributed by atoms with Crippen LogP contribution < -0.4 is 0 Å². The number of aliphatic hydroxyl groups excluding tert-OH is 2. The van der Waals surface area contributed by atoms with Crippen molar-refractivity contribution in [3.8, 4) is 0 Å². The zero-order chi connectivity index (χ0) is 8.15. The van der Waals surface area contributed by atoms with Gasteiger partial charge in [0.1, 0.15) is 6.10 Å². The van der Waals surface area contributed by atoms with Crippen molar-refractivity contribution in [2.45, 2.75) is 25.4 Å². The van der Waals surface area contributed by atoms with Crippen LogP contribution in [0.1, 0.15) is 6.92 Å². The van der Waals surface area contributed by atoms with Crippen molar-refractivity contribution in [3.05, 3.63) is 10.4 Å². The Bertz CT molecular complexity index is 143. The van der Waals surface area contributed by atoms with E-state index in [0.29, 0.717) is 0 Å². The number of nitrogens with zero attached hydrogens (tertiary/aromatic N) is 3. The van der Waals surface area contributed by atoms with E-state index < -0.39 is 18.4 Å². The smallest absolute Gasteiger partial charge is 0.178 e. The van der Waals surface area contributed by atoms with Gasteiger partial charge in [-0.25, -0.2) is 0 Å². The van der Waals surface area contributed by atoms with E-state index in [1.54, 1.807) is 0 Å². The molecule has 0 saturated carbocycles. The predicted octanol–water partition coefficient (Wildman–Crippen LogP) is -0.643. The molecule has 0 aromatic heterocycles. The van der Waals surface area contributed by atoms with Gasteiger partial charge in [0.05, 0.1) is 6.04 Å². The first kappa shape index (κ1) is 9.19. The van der Waals surface area contributed by atoms with E-state index in [1.807, 2.05) is 0 Å². The lowest BCUT2D eigenvalue weighted by molar-refractivity contribution is -0.127. The summed E-state index contributed by atoms with van der Waals surface area (Å²) in [6.07, 6.45) is -3.28. The molecule has 0 fully saturated rings. The molecule has 0 aliphatic rings. The molecule has 3 N–H and O–H groups in total. The summed E-state index contributed by atoms with van der Waals surface area (Å²) in [6, 6.07) is -0.829. The summed E-state index contributed by atoms with van der Waals surface area (Å²) in [4.78, 5) is 2.38. The number of azide groups is 1. The molecule has 2 atom stereocenters. The number of hydrogen-bond donors (Lipinski definition) is 3. The van der Waals surface area contributed by atoms with Crippen LogP contribution in [0.3, 0.4) is 0 Å². The molecule has 0 radical (unpaired) electrons. The third-order valence-corrected chi connectivity index (χ3v) is 1.03. The monoisotopic (exact) mass is 147 g/mol. The van der Waals surface area contributed by atoms with Crippen molar-refractivity contribution < 1.29 is 15.3 Å². The quantitative estimate of drug-likeness (QED) is 0.213. The summed E-state index contributed by atoms with van der Waals surface area (Å²) in [5.41, 5.74) is 7.85. The van der Waals surface area contributed by atoms with E-state index in [-0.39, 0.29) is 0 Å². The van der Waals surface area contributed by atoms with Gasteiger partial charge in [-0.05, 0) is 5.53 Å². The summed E-state index contributed by atoms with van der Waals surface area (Å²) >= 11 is 0. The lowest BCUT2D eigenvalue weighted by Gasteiger charge is -2.14. The van der Waals surface area contributed by atoms with Gasteiger partial charge in [0.15, 0.2) is 6.29 Å². The van der Waals surface area contributed by atoms with Crippen molar-refractivity contribution in [1.29, 1.82) is 0 Å². The second-order valence-electron chi connectivity index (χ2n) is 1.85. The molecule has 58 valence electrons. The molecule has 6 nitrogen and oxygen atoms in total. The average molecular weight is 147 g/mol. The highest BCUT2D eigenvalue weighted by Gasteiger charge is 2.18. The molecule has 0 aliphatic heterocycles. The first-order chi connectivity index (χ1) is 4.59. The summed E-state index contributed by atoms with van der Waals surface area (Å²) < 4.78 is 0. The molecule has 0 heterocycles. The molecule has 0 rings (SSSR count). The Balaban J connectivity index is 3.93. The van der Waals surface area contributed by atoms with Gasteiger partial charge in [0.25, 0.3) is 0 Å². The van der Waals surface area contributed by atoms with Gasteiger partial charge in [-0.3, -0.25) is 0 Å². The second kappa shape index (κ2) is 4.08. The average Bonchev–Trinajstić information content (AvgIpc) is 1.87.